The third-order valence-electron chi connectivity index (χ3n) is 8.43. The molecule has 0 radical (unpaired) electrons. The Morgan fingerprint density at radius 3 is 2.20 bits per heavy atom. The van der Waals surface area contributed by atoms with Crippen LogP contribution in [0, 0.1) is 5.92 Å². The maximum absolute atomic E-state index is 13.5. The highest BCUT2D eigenvalue weighted by atomic mass is 19.4. The molecular weight excluding hydrogens is 590 g/mol. The minimum Gasteiger partial charge on any atom is -0.372 e. The van der Waals surface area contributed by atoms with E-state index in [0.29, 0.717) is 51.2 Å². The Labute approximate surface area is 254 Å². The van der Waals surface area contributed by atoms with E-state index in [-0.39, 0.29) is 36.7 Å². The van der Waals surface area contributed by atoms with Gasteiger partial charge in [-0.05, 0) is 88.1 Å². The van der Waals surface area contributed by atoms with Crippen molar-refractivity contribution in [2.45, 2.75) is 76.9 Å². The van der Waals surface area contributed by atoms with Gasteiger partial charge in [-0.3, -0.25) is 9.69 Å². The lowest BCUT2D eigenvalue weighted by molar-refractivity contribution is -0.143. The van der Waals surface area contributed by atoms with Crippen molar-refractivity contribution in [3.63, 3.8) is 0 Å². The van der Waals surface area contributed by atoms with Gasteiger partial charge in [0, 0.05) is 26.2 Å². The third-order valence-corrected chi connectivity index (χ3v) is 8.43. The average Bonchev–Trinajstić information content (AvgIpc) is 2.97. The van der Waals surface area contributed by atoms with Crippen LogP contribution >= 0.6 is 0 Å². The molecule has 0 bridgehead atoms. The molecule has 7 nitrogen and oxygen atoms in total. The molecule has 44 heavy (non-hydrogen) atoms. The number of hydrogen-bond acceptors (Lipinski definition) is 4. The van der Waals surface area contributed by atoms with Crippen LogP contribution in [0.15, 0.2) is 42.0 Å². The molecule has 2 aliphatic heterocycles. The van der Waals surface area contributed by atoms with Crippen LogP contribution in [0.5, 0.6) is 0 Å². The first-order valence-electron chi connectivity index (χ1n) is 14.9. The van der Waals surface area contributed by atoms with E-state index in [1.54, 1.807) is 17.9 Å². The lowest BCUT2D eigenvalue weighted by Crippen LogP contribution is -2.61. The Balaban J connectivity index is 1.87. The Kier molecular flexibility index (Phi) is 11.9. The van der Waals surface area contributed by atoms with Gasteiger partial charge in [-0.25, -0.2) is 4.79 Å². The van der Waals surface area contributed by atoms with Crippen LogP contribution in [-0.4, -0.2) is 66.6 Å². The minimum absolute atomic E-state index is 0.0323. The molecule has 2 aliphatic rings. The number of amides is 3. The summed E-state index contributed by atoms with van der Waals surface area (Å²) in [5.41, 5.74) is 2.35. The molecule has 246 valence electrons. The second-order valence-corrected chi connectivity index (χ2v) is 11.6. The number of primary amides is 1. The number of benzene rings is 1. The number of ether oxygens (including phenoxy) is 1. The predicted octanol–water partition coefficient (Wildman–Crippen LogP) is 6.46. The Hall–Kier alpha value is -3.06. The van der Waals surface area contributed by atoms with E-state index >= 15 is 0 Å². The molecule has 2 saturated heterocycles. The van der Waals surface area contributed by atoms with Crippen LogP contribution in [0.2, 0.25) is 0 Å². The number of hydrogen-bond donors (Lipinski definition) is 2. The van der Waals surface area contributed by atoms with Crippen LogP contribution in [0.3, 0.4) is 0 Å². The summed E-state index contributed by atoms with van der Waals surface area (Å²) < 4.78 is 87.1. The largest absolute Gasteiger partial charge is 0.416 e. The number of carbonyl (C=O) groups excluding carboxylic acids is 2. The number of alkyl halides is 6. The molecule has 3 N–H and O–H groups in total. The number of carbonyl (C=O) groups is 2. The number of nitrogens with two attached hydrogens (primary N) is 1. The van der Waals surface area contributed by atoms with Crippen LogP contribution in [-0.2, 0) is 21.9 Å². The fourth-order valence-electron chi connectivity index (χ4n) is 6.04. The van der Waals surface area contributed by atoms with Crippen LogP contribution < -0.4 is 11.1 Å². The monoisotopic (exact) mass is 632 g/mol. The van der Waals surface area contributed by atoms with Gasteiger partial charge in [-0.2, -0.15) is 26.3 Å². The summed E-state index contributed by atoms with van der Waals surface area (Å²) in [6, 6.07) is 1.28. The van der Waals surface area contributed by atoms with Gasteiger partial charge < -0.3 is 20.7 Å². The molecule has 1 aromatic rings. The summed E-state index contributed by atoms with van der Waals surface area (Å²) in [6.07, 6.45) is -1.57. The number of nitrogens with zero attached hydrogens (tertiary/aromatic N) is 2. The van der Waals surface area contributed by atoms with Gasteiger partial charge in [0.05, 0.1) is 35.9 Å². The molecule has 0 aliphatic carbocycles. The number of likely N-dealkylation sites (tertiary alicyclic amines) is 2. The summed E-state index contributed by atoms with van der Waals surface area (Å²) in [7, 11) is 0. The van der Waals surface area contributed by atoms with Gasteiger partial charge in [-0.1, -0.05) is 18.2 Å². The summed E-state index contributed by atoms with van der Waals surface area (Å²) in [5, 5.41) is 3.00. The van der Waals surface area contributed by atoms with E-state index in [1.807, 2.05) is 24.0 Å². The molecule has 3 atom stereocenters. The molecule has 1 aromatic carbocycles. The summed E-state index contributed by atoms with van der Waals surface area (Å²) in [4.78, 5) is 28.6. The molecule has 3 rings (SSSR count). The van der Waals surface area contributed by atoms with Crippen LogP contribution in [0.25, 0.3) is 0 Å². The lowest BCUT2D eigenvalue weighted by atomic mass is 9.76. The van der Waals surface area contributed by atoms with Crippen molar-refractivity contribution in [1.82, 2.24) is 15.1 Å². The Morgan fingerprint density at radius 2 is 1.68 bits per heavy atom. The SMILES string of the molecule is C/C=C\C(=C/C)[C@]1(CO[C@H](C)c2cc(C(F)(F)F)cc(C(F)(F)F)c2)CC[C@H](CNC(=O)N2CCCCC2)CN1CC(N)=O. The zero-order chi connectivity index (χ0) is 32.7. The van der Waals surface area contributed by atoms with Crippen molar-refractivity contribution in [3.05, 3.63) is 58.7 Å². The van der Waals surface area contributed by atoms with Crippen molar-refractivity contribution in [3.8, 4) is 0 Å². The molecule has 0 unspecified atom stereocenters. The van der Waals surface area contributed by atoms with E-state index in [0.717, 1.165) is 24.8 Å². The molecule has 3 amide bonds. The third kappa shape index (κ3) is 8.99. The fourth-order valence-corrected chi connectivity index (χ4v) is 6.04. The standard InChI is InChI=1S/C31H42F6N4O3/c1-4-9-24(5-2)29(20-44-21(3)23-14-25(30(32,33)34)16-26(15-23)31(35,36)37)11-10-22(18-41(29)19-27(38)42)17-39-28(43)40-12-7-6-8-13-40/h4-5,9,14-16,21-22H,6-8,10-13,17-20H2,1-3H3,(H2,38,42)(H,39,43)/b9-4-,24-5+/t21-,22-,29-/m1/s1. The topological polar surface area (TPSA) is 87.9 Å². The first-order chi connectivity index (χ1) is 20.6. The van der Waals surface area contributed by atoms with Crippen LogP contribution in [0.1, 0.15) is 75.7 Å². The van der Waals surface area contributed by atoms with Crippen molar-refractivity contribution >= 4 is 11.9 Å². The maximum atomic E-state index is 13.5. The predicted molar refractivity (Wildman–Crippen MR) is 154 cm³/mol. The minimum atomic E-state index is -4.99. The molecule has 2 heterocycles. The molecule has 0 aromatic heterocycles. The van der Waals surface area contributed by atoms with E-state index in [4.69, 9.17) is 10.5 Å². The number of halogens is 6. The van der Waals surface area contributed by atoms with Crippen molar-refractivity contribution < 1.29 is 40.7 Å². The van der Waals surface area contributed by atoms with E-state index in [9.17, 15) is 35.9 Å². The highest BCUT2D eigenvalue weighted by Gasteiger charge is 2.45. The van der Waals surface area contributed by atoms with Gasteiger partial charge in [0.25, 0.3) is 0 Å². The number of allylic oxidation sites excluding steroid dienone is 2. The van der Waals surface area contributed by atoms with Gasteiger partial charge in [0.2, 0.25) is 5.91 Å². The van der Waals surface area contributed by atoms with Gasteiger partial charge >= 0.3 is 18.4 Å². The quantitative estimate of drug-likeness (QED) is 0.229. The summed E-state index contributed by atoms with van der Waals surface area (Å²) in [6.45, 7) is 6.85. The zero-order valence-electron chi connectivity index (χ0n) is 25.4. The zero-order valence-corrected chi connectivity index (χ0v) is 25.4. The molecule has 2 fully saturated rings. The second-order valence-electron chi connectivity index (χ2n) is 11.6. The van der Waals surface area contributed by atoms with Crippen molar-refractivity contribution in [2.24, 2.45) is 11.7 Å². The second kappa shape index (κ2) is 14.8. The lowest BCUT2D eigenvalue weighted by Gasteiger charge is -2.50. The average molecular weight is 633 g/mol. The number of rotatable bonds is 10. The van der Waals surface area contributed by atoms with Gasteiger partial charge in [0.1, 0.15) is 0 Å². The molecule has 0 saturated carbocycles. The Bertz CT molecular complexity index is 1180. The molecule has 13 heteroatoms. The number of urea groups is 1. The normalized spacial score (nSPS) is 23.2. The smallest absolute Gasteiger partial charge is 0.372 e. The maximum Gasteiger partial charge on any atom is 0.416 e. The molecular formula is C31H42F6N4O3. The first kappa shape index (κ1) is 35.4. The van der Waals surface area contributed by atoms with Crippen molar-refractivity contribution in [2.75, 3.05) is 39.3 Å². The summed E-state index contributed by atoms with van der Waals surface area (Å²) in [5.74, 6) is -0.640. The Morgan fingerprint density at radius 1 is 1.07 bits per heavy atom. The highest BCUT2D eigenvalue weighted by molar-refractivity contribution is 5.76. The van der Waals surface area contributed by atoms with Gasteiger partial charge in [0.15, 0.2) is 0 Å². The number of piperidine rings is 2. The fraction of sp³-hybridized carbons (Fsp3) is 0.613. The highest BCUT2D eigenvalue weighted by Crippen LogP contribution is 2.41. The van der Waals surface area contributed by atoms with Crippen molar-refractivity contribution in [1.29, 1.82) is 0 Å². The number of nitrogens with one attached hydrogen (secondary N) is 1. The first-order valence-corrected chi connectivity index (χ1v) is 14.9. The summed E-state index contributed by atoms with van der Waals surface area (Å²) >= 11 is 0. The van der Waals surface area contributed by atoms with Crippen LogP contribution in [0.4, 0.5) is 31.1 Å². The van der Waals surface area contributed by atoms with E-state index in [2.05, 4.69) is 5.32 Å². The van der Waals surface area contributed by atoms with E-state index < -0.39 is 41.0 Å². The van der Waals surface area contributed by atoms with E-state index in [1.165, 1.54) is 6.92 Å². The van der Waals surface area contributed by atoms with Gasteiger partial charge in [-0.15, -0.1) is 0 Å². The molecule has 0 spiro atoms.